The highest BCUT2D eigenvalue weighted by Gasteiger charge is 2.38. The van der Waals surface area contributed by atoms with E-state index in [0.717, 1.165) is 24.4 Å². The molecule has 2 heterocycles. The van der Waals surface area contributed by atoms with Crippen LogP contribution in [0.4, 0.5) is 0 Å². The lowest BCUT2D eigenvalue weighted by molar-refractivity contribution is -0.0359. The lowest BCUT2D eigenvalue weighted by Crippen LogP contribution is -2.46. The van der Waals surface area contributed by atoms with Crippen LogP contribution < -0.4 is 5.32 Å². The molecule has 3 heteroatoms. The first-order valence-corrected chi connectivity index (χ1v) is 5.58. The van der Waals surface area contributed by atoms with Gasteiger partial charge in [0.2, 0.25) is 0 Å². The normalized spacial score (nSPS) is 34.8. The summed E-state index contributed by atoms with van der Waals surface area (Å²) in [6, 6.07) is 4.04. The van der Waals surface area contributed by atoms with Gasteiger partial charge in [-0.2, -0.15) is 0 Å². The minimum absolute atomic E-state index is 0.305. The lowest BCUT2D eigenvalue weighted by Gasteiger charge is -2.37. The van der Waals surface area contributed by atoms with Gasteiger partial charge in [0.25, 0.3) is 0 Å². The number of hydrogen-bond acceptors (Lipinski definition) is 3. The first kappa shape index (κ1) is 9.19. The van der Waals surface area contributed by atoms with Gasteiger partial charge in [0.05, 0.1) is 0 Å². The van der Waals surface area contributed by atoms with Gasteiger partial charge in [-0.3, -0.25) is 0 Å². The van der Waals surface area contributed by atoms with Gasteiger partial charge in [-0.1, -0.05) is 13.0 Å². The molecule has 72 valence electrons. The van der Waals surface area contributed by atoms with E-state index in [9.17, 15) is 5.11 Å². The molecule has 1 aliphatic heterocycles. The molecule has 0 amide bonds. The van der Waals surface area contributed by atoms with Crippen molar-refractivity contribution in [2.24, 2.45) is 5.92 Å². The van der Waals surface area contributed by atoms with E-state index in [0.29, 0.717) is 5.92 Å². The van der Waals surface area contributed by atoms with Crippen LogP contribution in [0.2, 0.25) is 0 Å². The number of hydrogen-bond donors (Lipinski definition) is 2. The number of thiophene rings is 1. The molecule has 1 fully saturated rings. The van der Waals surface area contributed by atoms with Gasteiger partial charge in [-0.25, -0.2) is 0 Å². The highest BCUT2D eigenvalue weighted by atomic mass is 32.1. The van der Waals surface area contributed by atoms with Crippen molar-refractivity contribution in [1.82, 2.24) is 5.32 Å². The largest absolute Gasteiger partial charge is 0.384 e. The molecule has 2 N–H and O–H groups in total. The zero-order valence-corrected chi connectivity index (χ0v) is 8.60. The topological polar surface area (TPSA) is 32.3 Å². The molecule has 0 radical (unpaired) electrons. The van der Waals surface area contributed by atoms with Crippen LogP contribution in [0, 0.1) is 5.92 Å². The monoisotopic (exact) mass is 197 g/mol. The Hall–Kier alpha value is -0.380. The van der Waals surface area contributed by atoms with Crippen molar-refractivity contribution in [3.63, 3.8) is 0 Å². The fourth-order valence-corrected chi connectivity index (χ4v) is 2.87. The third-order valence-corrected chi connectivity index (χ3v) is 3.93. The summed E-state index contributed by atoms with van der Waals surface area (Å²) in [6.07, 6.45) is 0.828. The lowest BCUT2D eigenvalue weighted by atomic mass is 9.82. The summed E-state index contributed by atoms with van der Waals surface area (Å²) >= 11 is 1.65. The molecule has 0 aliphatic carbocycles. The maximum absolute atomic E-state index is 10.5. The van der Waals surface area contributed by atoms with Gasteiger partial charge in [-0.05, 0) is 24.4 Å². The predicted molar refractivity (Wildman–Crippen MR) is 54.9 cm³/mol. The van der Waals surface area contributed by atoms with E-state index in [1.54, 1.807) is 11.3 Å². The smallest absolute Gasteiger partial charge is 0.104 e. The van der Waals surface area contributed by atoms with Crippen molar-refractivity contribution in [3.05, 3.63) is 22.4 Å². The Morgan fingerprint density at radius 2 is 2.54 bits per heavy atom. The third kappa shape index (κ3) is 1.52. The van der Waals surface area contributed by atoms with Crippen molar-refractivity contribution in [2.75, 3.05) is 13.1 Å². The average molecular weight is 197 g/mol. The van der Waals surface area contributed by atoms with Gasteiger partial charge < -0.3 is 10.4 Å². The molecule has 2 atom stereocenters. The third-order valence-electron chi connectivity index (χ3n) is 2.90. The number of rotatable bonds is 1. The number of nitrogens with one attached hydrogen (secondary N) is 1. The molecule has 1 saturated heterocycles. The first-order valence-electron chi connectivity index (χ1n) is 4.70. The number of piperidine rings is 1. The van der Waals surface area contributed by atoms with Crippen molar-refractivity contribution in [1.29, 1.82) is 0 Å². The molecule has 2 nitrogen and oxygen atoms in total. The van der Waals surface area contributed by atoms with E-state index in [2.05, 4.69) is 12.2 Å². The molecular weight excluding hydrogens is 182 g/mol. The van der Waals surface area contributed by atoms with E-state index >= 15 is 0 Å². The summed E-state index contributed by atoms with van der Waals surface area (Å²) in [5.41, 5.74) is -0.584. The predicted octanol–water partition coefficient (Wildman–Crippen LogP) is 1.57. The Morgan fingerprint density at radius 1 is 1.69 bits per heavy atom. The van der Waals surface area contributed by atoms with Crippen molar-refractivity contribution in [2.45, 2.75) is 18.9 Å². The van der Waals surface area contributed by atoms with Gasteiger partial charge in [0.1, 0.15) is 5.60 Å². The van der Waals surface area contributed by atoms with Crippen LogP contribution in [-0.2, 0) is 5.60 Å². The van der Waals surface area contributed by atoms with Gasteiger partial charge >= 0.3 is 0 Å². The average Bonchev–Trinajstić information content (AvgIpc) is 2.63. The van der Waals surface area contributed by atoms with Gasteiger partial charge in [0.15, 0.2) is 0 Å². The van der Waals surface area contributed by atoms with Crippen LogP contribution in [0.15, 0.2) is 17.5 Å². The highest BCUT2D eigenvalue weighted by molar-refractivity contribution is 7.10. The summed E-state index contributed by atoms with van der Waals surface area (Å²) in [5.74, 6) is 0.305. The molecule has 0 spiro atoms. The van der Waals surface area contributed by atoms with E-state index in [4.69, 9.17) is 0 Å². The minimum atomic E-state index is -0.584. The van der Waals surface area contributed by atoms with Crippen LogP contribution in [0.25, 0.3) is 0 Å². The molecule has 13 heavy (non-hydrogen) atoms. The highest BCUT2D eigenvalue weighted by Crippen LogP contribution is 2.37. The molecular formula is C10H15NOS. The molecule has 0 bridgehead atoms. The number of aliphatic hydroxyl groups is 1. The maximum Gasteiger partial charge on any atom is 0.104 e. The second-order valence-electron chi connectivity index (χ2n) is 3.76. The summed E-state index contributed by atoms with van der Waals surface area (Å²) in [6.45, 7) is 3.93. The molecule has 0 saturated carbocycles. The van der Waals surface area contributed by atoms with E-state index < -0.39 is 5.60 Å². The molecule has 1 aliphatic rings. The fraction of sp³-hybridized carbons (Fsp3) is 0.600. The fourth-order valence-electron chi connectivity index (χ4n) is 1.90. The molecule has 1 aromatic heterocycles. The van der Waals surface area contributed by atoms with E-state index in [-0.39, 0.29) is 0 Å². The first-order chi connectivity index (χ1) is 6.23. The molecule has 2 unspecified atom stereocenters. The van der Waals surface area contributed by atoms with Crippen LogP contribution in [0.1, 0.15) is 18.2 Å². The summed E-state index contributed by atoms with van der Waals surface area (Å²) in [7, 11) is 0. The van der Waals surface area contributed by atoms with Gasteiger partial charge in [0, 0.05) is 17.3 Å². The molecule has 2 rings (SSSR count). The second-order valence-corrected chi connectivity index (χ2v) is 4.70. The second kappa shape index (κ2) is 3.40. The van der Waals surface area contributed by atoms with Crippen molar-refractivity contribution < 1.29 is 5.11 Å². The zero-order valence-electron chi connectivity index (χ0n) is 7.79. The van der Waals surface area contributed by atoms with E-state index in [1.165, 1.54) is 0 Å². The Morgan fingerprint density at radius 3 is 3.15 bits per heavy atom. The quantitative estimate of drug-likeness (QED) is 0.716. The maximum atomic E-state index is 10.5. The Kier molecular flexibility index (Phi) is 2.41. The zero-order chi connectivity index (χ0) is 9.31. The van der Waals surface area contributed by atoms with Crippen molar-refractivity contribution in [3.8, 4) is 0 Å². The van der Waals surface area contributed by atoms with Crippen LogP contribution in [-0.4, -0.2) is 18.2 Å². The summed E-state index contributed by atoms with van der Waals surface area (Å²) in [4.78, 5) is 1.11. The Balaban J connectivity index is 2.27. The Labute approximate surface area is 82.6 Å². The standard InChI is InChI=1S/C10H15NOS/c1-8-7-11-5-4-10(8,12)9-3-2-6-13-9/h2-3,6,8,11-12H,4-5,7H2,1H3. The Bertz CT molecular complexity index is 272. The SMILES string of the molecule is CC1CNCCC1(O)c1cccs1. The summed E-state index contributed by atoms with van der Waals surface area (Å²) in [5, 5.41) is 15.8. The van der Waals surface area contributed by atoms with Crippen LogP contribution in [0.5, 0.6) is 0 Å². The van der Waals surface area contributed by atoms with Crippen molar-refractivity contribution >= 4 is 11.3 Å². The van der Waals surface area contributed by atoms with Gasteiger partial charge in [-0.15, -0.1) is 11.3 Å². The van der Waals surface area contributed by atoms with E-state index in [1.807, 2.05) is 17.5 Å². The minimum Gasteiger partial charge on any atom is -0.384 e. The molecule has 1 aromatic rings. The molecule has 0 aromatic carbocycles. The van der Waals surface area contributed by atoms with Crippen LogP contribution in [0.3, 0.4) is 0 Å². The van der Waals surface area contributed by atoms with Crippen LogP contribution >= 0.6 is 11.3 Å². The summed E-state index contributed by atoms with van der Waals surface area (Å²) < 4.78 is 0.